The molecule has 2 heteroatoms. The largest absolute Gasteiger partial charge is 0.342 e. The molecular weight excluding hydrogens is 174 g/mol. The topological polar surface area (TPSA) is 20.3 Å². The van der Waals surface area contributed by atoms with Gasteiger partial charge in [-0.3, -0.25) is 4.79 Å². The minimum atomic E-state index is 0.371. The second kappa shape index (κ2) is 4.63. The molecule has 2 rings (SSSR count). The number of likely N-dealkylation sites (tertiary alicyclic amines) is 1. The maximum Gasteiger partial charge on any atom is 0.222 e. The smallest absolute Gasteiger partial charge is 0.222 e. The summed E-state index contributed by atoms with van der Waals surface area (Å²) in [6.45, 7) is 1.96. The summed E-state index contributed by atoms with van der Waals surface area (Å²) in [6, 6.07) is 0. The Morgan fingerprint density at radius 2 is 2.29 bits per heavy atom. The molecule has 0 saturated carbocycles. The number of hydrogen-bond acceptors (Lipinski definition) is 1. The van der Waals surface area contributed by atoms with Crippen molar-refractivity contribution in [1.82, 2.24) is 4.90 Å². The first-order valence-corrected chi connectivity index (χ1v) is 5.81. The molecule has 1 unspecified atom stereocenters. The van der Waals surface area contributed by atoms with Gasteiger partial charge >= 0.3 is 0 Å². The summed E-state index contributed by atoms with van der Waals surface area (Å²) in [5.41, 5.74) is 0. The number of amides is 1. The van der Waals surface area contributed by atoms with Gasteiger partial charge in [-0.2, -0.15) is 0 Å². The molecular formula is C12H19NO. The van der Waals surface area contributed by atoms with Gasteiger partial charge in [-0.05, 0) is 38.0 Å². The van der Waals surface area contributed by atoms with Crippen LogP contribution >= 0.6 is 0 Å². The maximum absolute atomic E-state index is 11.6. The van der Waals surface area contributed by atoms with Crippen molar-refractivity contribution >= 4 is 5.91 Å². The second-order valence-corrected chi connectivity index (χ2v) is 4.42. The van der Waals surface area contributed by atoms with Crippen molar-refractivity contribution in [2.75, 3.05) is 13.1 Å². The van der Waals surface area contributed by atoms with E-state index >= 15 is 0 Å². The normalized spacial score (nSPS) is 28.1. The van der Waals surface area contributed by atoms with E-state index in [1.807, 2.05) is 0 Å². The lowest BCUT2D eigenvalue weighted by molar-refractivity contribution is -0.133. The molecule has 0 aromatic carbocycles. The Kier molecular flexibility index (Phi) is 3.22. The Labute approximate surface area is 86.0 Å². The number of piperidine rings is 1. The minimum absolute atomic E-state index is 0.371. The molecule has 0 N–H and O–H groups in total. The summed E-state index contributed by atoms with van der Waals surface area (Å²) in [6.07, 6.45) is 11.4. The zero-order valence-electron chi connectivity index (χ0n) is 8.74. The lowest BCUT2D eigenvalue weighted by atomic mass is 9.94. The molecule has 2 nitrogen and oxygen atoms in total. The monoisotopic (exact) mass is 193 g/mol. The van der Waals surface area contributed by atoms with Gasteiger partial charge in [-0.1, -0.05) is 12.2 Å². The van der Waals surface area contributed by atoms with Gasteiger partial charge < -0.3 is 4.90 Å². The van der Waals surface area contributed by atoms with Gasteiger partial charge in [0.15, 0.2) is 0 Å². The molecule has 1 amide bonds. The number of nitrogens with zero attached hydrogens (tertiary/aromatic N) is 1. The zero-order valence-corrected chi connectivity index (χ0v) is 8.74. The average Bonchev–Trinajstić information content (AvgIpc) is 2.23. The number of carbonyl (C=O) groups is 1. The zero-order chi connectivity index (χ0) is 9.80. The molecule has 1 aliphatic carbocycles. The van der Waals surface area contributed by atoms with E-state index in [0.717, 1.165) is 25.9 Å². The van der Waals surface area contributed by atoms with Crippen molar-refractivity contribution in [3.05, 3.63) is 12.2 Å². The van der Waals surface area contributed by atoms with Crippen molar-refractivity contribution < 1.29 is 4.79 Å². The number of hydrogen-bond donors (Lipinski definition) is 0. The van der Waals surface area contributed by atoms with Crippen LogP contribution in [0.25, 0.3) is 0 Å². The van der Waals surface area contributed by atoms with Gasteiger partial charge in [0.1, 0.15) is 0 Å². The van der Waals surface area contributed by atoms with Crippen molar-refractivity contribution in [1.29, 1.82) is 0 Å². The molecule has 2 aliphatic rings. The summed E-state index contributed by atoms with van der Waals surface area (Å²) < 4.78 is 0. The first-order chi connectivity index (χ1) is 6.86. The Morgan fingerprint density at radius 3 is 3.00 bits per heavy atom. The molecule has 1 aliphatic heterocycles. The van der Waals surface area contributed by atoms with Crippen LogP contribution in [-0.4, -0.2) is 23.9 Å². The number of rotatable bonds is 2. The summed E-state index contributed by atoms with van der Waals surface area (Å²) in [4.78, 5) is 13.6. The van der Waals surface area contributed by atoms with Gasteiger partial charge in [0.05, 0.1) is 0 Å². The van der Waals surface area contributed by atoms with Crippen molar-refractivity contribution in [2.45, 2.75) is 38.5 Å². The van der Waals surface area contributed by atoms with Gasteiger partial charge in [0.25, 0.3) is 0 Å². The minimum Gasteiger partial charge on any atom is -0.342 e. The third-order valence-corrected chi connectivity index (χ3v) is 3.23. The number of allylic oxidation sites excluding steroid dienone is 1. The molecule has 1 fully saturated rings. The predicted octanol–water partition coefficient (Wildman–Crippen LogP) is 2.36. The van der Waals surface area contributed by atoms with Gasteiger partial charge in [-0.25, -0.2) is 0 Å². The third kappa shape index (κ3) is 2.37. The van der Waals surface area contributed by atoms with Crippen LogP contribution in [0.15, 0.2) is 12.2 Å². The summed E-state index contributed by atoms with van der Waals surface area (Å²) >= 11 is 0. The van der Waals surface area contributed by atoms with Crippen LogP contribution in [0.1, 0.15) is 38.5 Å². The summed E-state index contributed by atoms with van der Waals surface area (Å²) in [5, 5.41) is 0. The van der Waals surface area contributed by atoms with Crippen LogP contribution in [0.3, 0.4) is 0 Å². The fourth-order valence-electron chi connectivity index (χ4n) is 2.37. The Bertz CT molecular complexity index is 234. The molecule has 1 atom stereocenters. The molecule has 14 heavy (non-hydrogen) atoms. The lowest BCUT2D eigenvalue weighted by Crippen LogP contribution is -2.38. The lowest BCUT2D eigenvalue weighted by Gasteiger charge is -2.30. The van der Waals surface area contributed by atoms with Crippen molar-refractivity contribution in [2.24, 2.45) is 5.92 Å². The highest BCUT2D eigenvalue weighted by Gasteiger charge is 2.20. The highest BCUT2D eigenvalue weighted by molar-refractivity contribution is 5.76. The Morgan fingerprint density at radius 1 is 1.36 bits per heavy atom. The molecule has 0 radical (unpaired) electrons. The van der Waals surface area contributed by atoms with Crippen LogP contribution < -0.4 is 0 Å². The van der Waals surface area contributed by atoms with E-state index in [4.69, 9.17) is 0 Å². The molecule has 0 bridgehead atoms. The fourth-order valence-corrected chi connectivity index (χ4v) is 2.37. The Balaban J connectivity index is 1.85. The average molecular weight is 193 g/mol. The quantitative estimate of drug-likeness (QED) is 0.616. The van der Waals surface area contributed by atoms with E-state index < -0.39 is 0 Å². The first-order valence-electron chi connectivity index (χ1n) is 5.81. The van der Waals surface area contributed by atoms with Gasteiger partial charge in [0.2, 0.25) is 5.91 Å². The van der Waals surface area contributed by atoms with E-state index in [-0.39, 0.29) is 0 Å². The van der Waals surface area contributed by atoms with Crippen molar-refractivity contribution in [3.63, 3.8) is 0 Å². The molecule has 0 aromatic heterocycles. The van der Waals surface area contributed by atoms with E-state index in [0.29, 0.717) is 11.8 Å². The fraction of sp³-hybridized carbons (Fsp3) is 0.750. The highest BCUT2D eigenvalue weighted by atomic mass is 16.2. The molecule has 1 saturated heterocycles. The van der Waals surface area contributed by atoms with Crippen LogP contribution in [0.5, 0.6) is 0 Å². The molecule has 78 valence electrons. The maximum atomic E-state index is 11.6. The molecule has 1 heterocycles. The van der Waals surface area contributed by atoms with E-state index in [1.54, 1.807) is 0 Å². The van der Waals surface area contributed by atoms with Crippen LogP contribution in [0.4, 0.5) is 0 Å². The molecule has 0 spiro atoms. The summed E-state index contributed by atoms with van der Waals surface area (Å²) in [7, 11) is 0. The van der Waals surface area contributed by atoms with E-state index in [2.05, 4.69) is 17.1 Å². The predicted molar refractivity (Wildman–Crippen MR) is 56.9 cm³/mol. The van der Waals surface area contributed by atoms with Crippen LogP contribution in [0.2, 0.25) is 0 Å². The van der Waals surface area contributed by atoms with Gasteiger partial charge in [-0.15, -0.1) is 0 Å². The SMILES string of the molecule is O=C1CCCCN1CC1C=CCCC1. The standard InChI is InChI=1S/C12H19NO/c14-12-8-4-5-9-13(12)10-11-6-2-1-3-7-11/h2,6,11H,1,3-5,7-10H2. The number of carbonyl (C=O) groups excluding carboxylic acids is 1. The first kappa shape index (κ1) is 9.75. The van der Waals surface area contributed by atoms with Crippen LogP contribution in [0, 0.1) is 5.92 Å². The van der Waals surface area contributed by atoms with E-state index in [1.165, 1.54) is 25.7 Å². The Hall–Kier alpha value is -0.790. The van der Waals surface area contributed by atoms with Gasteiger partial charge in [0, 0.05) is 19.5 Å². The van der Waals surface area contributed by atoms with E-state index in [9.17, 15) is 4.79 Å². The van der Waals surface area contributed by atoms with Crippen molar-refractivity contribution in [3.8, 4) is 0 Å². The third-order valence-electron chi connectivity index (χ3n) is 3.23. The highest BCUT2D eigenvalue weighted by Crippen LogP contribution is 2.20. The van der Waals surface area contributed by atoms with Crippen LogP contribution in [-0.2, 0) is 4.79 Å². The second-order valence-electron chi connectivity index (χ2n) is 4.42. The summed E-state index contributed by atoms with van der Waals surface area (Å²) in [5.74, 6) is 1.00. The molecule has 0 aromatic rings.